The Morgan fingerprint density at radius 2 is 1.49 bits per heavy atom. The first-order chi connectivity index (χ1) is 25.4. The van der Waals surface area contributed by atoms with Crippen LogP contribution in [0.15, 0.2) is 88.9 Å². The fraction of sp³-hybridized carbons (Fsp3) is 0.350. The standard InChI is InChI=1S/C40H42F4N6O2S/c1-4-48(5-2)22-21-47(3)38(52)35-23-45-36(49(35)24-27-9-13-29(14-10-27)30-15-17-31(18-16-30)40(42,43)44)25-50-34-8-6-7-33(34)37(51)46-39(50)53-26-28-11-19-32(41)20-12-28/h9-20,23H,4-8,21-22,24-26H2,1-3H3. The first-order valence-corrected chi connectivity index (χ1v) is 18.7. The molecule has 1 aliphatic carbocycles. The van der Waals surface area contributed by atoms with Gasteiger partial charge in [-0.3, -0.25) is 9.59 Å². The summed E-state index contributed by atoms with van der Waals surface area (Å²) in [5.41, 5.74) is 4.26. The van der Waals surface area contributed by atoms with Crippen molar-refractivity contribution >= 4 is 17.7 Å². The summed E-state index contributed by atoms with van der Waals surface area (Å²) in [5, 5.41) is 0.527. The van der Waals surface area contributed by atoms with Gasteiger partial charge >= 0.3 is 6.18 Å². The number of benzene rings is 3. The quantitative estimate of drug-likeness (QED) is 0.0664. The van der Waals surface area contributed by atoms with Crippen molar-refractivity contribution in [1.29, 1.82) is 0 Å². The van der Waals surface area contributed by atoms with Gasteiger partial charge in [0.2, 0.25) is 0 Å². The molecule has 0 bridgehead atoms. The van der Waals surface area contributed by atoms with E-state index in [1.807, 2.05) is 33.4 Å². The van der Waals surface area contributed by atoms with Crippen LogP contribution in [0.25, 0.3) is 11.1 Å². The number of halogens is 4. The first-order valence-electron chi connectivity index (χ1n) is 17.7. The highest BCUT2D eigenvalue weighted by atomic mass is 32.2. The fourth-order valence-electron chi connectivity index (χ4n) is 6.58. The van der Waals surface area contributed by atoms with Crippen LogP contribution in [0.5, 0.6) is 0 Å². The predicted molar refractivity (Wildman–Crippen MR) is 199 cm³/mol. The number of imidazole rings is 1. The molecule has 0 radical (unpaired) electrons. The number of likely N-dealkylation sites (N-methyl/N-ethyl adjacent to an activating group) is 2. The van der Waals surface area contributed by atoms with Crippen molar-refractivity contribution in [2.24, 2.45) is 0 Å². The zero-order valence-corrected chi connectivity index (χ0v) is 30.8. The van der Waals surface area contributed by atoms with E-state index in [0.717, 1.165) is 60.6 Å². The smallest absolute Gasteiger partial charge is 0.339 e. The molecule has 0 aliphatic heterocycles. The largest absolute Gasteiger partial charge is 0.416 e. The van der Waals surface area contributed by atoms with E-state index in [9.17, 15) is 27.2 Å². The van der Waals surface area contributed by atoms with E-state index < -0.39 is 11.7 Å². The van der Waals surface area contributed by atoms with E-state index in [1.165, 1.54) is 36.0 Å². The number of carbonyl (C=O) groups excluding carboxylic acids is 1. The van der Waals surface area contributed by atoms with Crippen LogP contribution in [0, 0.1) is 5.82 Å². The molecule has 2 heterocycles. The Balaban J connectivity index is 1.33. The molecule has 13 heteroatoms. The summed E-state index contributed by atoms with van der Waals surface area (Å²) >= 11 is 1.40. The second kappa shape index (κ2) is 16.5. The maximum Gasteiger partial charge on any atom is 0.416 e. The van der Waals surface area contributed by atoms with Crippen molar-refractivity contribution in [3.63, 3.8) is 0 Å². The number of hydrogen-bond donors (Lipinski definition) is 0. The number of thioether (sulfide) groups is 1. The molecule has 3 aromatic carbocycles. The number of amides is 1. The van der Waals surface area contributed by atoms with E-state index in [4.69, 9.17) is 4.98 Å². The molecule has 1 aliphatic rings. The monoisotopic (exact) mass is 746 g/mol. The van der Waals surface area contributed by atoms with Crippen LogP contribution in [-0.4, -0.2) is 68.0 Å². The lowest BCUT2D eigenvalue weighted by Gasteiger charge is -2.24. The lowest BCUT2D eigenvalue weighted by molar-refractivity contribution is -0.137. The zero-order chi connectivity index (χ0) is 37.7. The van der Waals surface area contributed by atoms with Gasteiger partial charge in [-0.1, -0.05) is 74.1 Å². The molecule has 0 saturated heterocycles. The Hall–Kier alpha value is -4.75. The molecule has 0 fully saturated rings. The maximum atomic E-state index is 14.0. The summed E-state index contributed by atoms with van der Waals surface area (Å²) in [6, 6.07) is 18.8. The Bertz CT molecular complexity index is 2090. The van der Waals surface area contributed by atoms with E-state index >= 15 is 0 Å². The molecule has 5 aromatic rings. The molecule has 0 saturated carbocycles. The van der Waals surface area contributed by atoms with E-state index in [1.54, 1.807) is 30.3 Å². The summed E-state index contributed by atoms with van der Waals surface area (Å²) < 4.78 is 56.9. The van der Waals surface area contributed by atoms with E-state index in [0.29, 0.717) is 59.5 Å². The number of alkyl halides is 3. The molecular weight excluding hydrogens is 705 g/mol. The van der Waals surface area contributed by atoms with Crippen molar-refractivity contribution in [3.8, 4) is 11.1 Å². The van der Waals surface area contributed by atoms with E-state index in [-0.39, 0.29) is 23.8 Å². The minimum atomic E-state index is -4.41. The summed E-state index contributed by atoms with van der Waals surface area (Å²) in [6.07, 6.45) is -0.621. The molecule has 0 spiro atoms. The van der Waals surface area contributed by atoms with Gasteiger partial charge in [0.25, 0.3) is 11.5 Å². The summed E-state index contributed by atoms with van der Waals surface area (Å²) in [6.45, 7) is 7.76. The van der Waals surface area contributed by atoms with Crippen LogP contribution in [-0.2, 0) is 37.9 Å². The Labute approximate surface area is 310 Å². The van der Waals surface area contributed by atoms with Crippen LogP contribution in [0.4, 0.5) is 17.6 Å². The molecule has 1 amide bonds. The summed E-state index contributed by atoms with van der Waals surface area (Å²) in [4.78, 5) is 40.3. The number of aromatic nitrogens is 4. The van der Waals surface area contributed by atoms with Gasteiger partial charge in [-0.05, 0) is 78.9 Å². The molecule has 0 unspecified atom stereocenters. The molecule has 53 heavy (non-hydrogen) atoms. The van der Waals surface area contributed by atoms with Crippen molar-refractivity contribution in [1.82, 2.24) is 28.9 Å². The van der Waals surface area contributed by atoms with Crippen LogP contribution < -0.4 is 5.56 Å². The number of carbonyl (C=O) groups is 1. The van der Waals surface area contributed by atoms with Gasteiger partial charge in [0.1, 0.15) is 17.3 Å². The van der Waals surface area contributed by atoms with Gasteiger partial charge in [-0.25, -0.2) is 9.37 Å². The first kappa shape index (κ1) is 38.0. The third-order valence-corrected chi connectivity index (χ3v) is 10.8. The van der Waals surface area contributed by atoms with E-state index in [2.05, 4.69) is 23.7 Å². The third kappa shape index (κ3) is 8.90. The second-order valence-electron chi connectivity index (χ2n) is 13.2. The molecule has 2 aromatic heterocycles. The number of fused-ring (bicyclic) bond motifs is 1. The highest BCUT2D eigenvalue weighted by Gasteiger charge is 2.30. The lowest BCUT2D eigenvalue weighted by Crippen LogP contribution is -2.37. The van der Waals surface area contributed by atoms with Crippen LogP contribution >= 0.6 is 11.8 Å². The minimum absolute atomic E-state index is 0.175. The third-order valence-electron chi connectivity index (χ3n) is 9.77. The number of hydrogen-bond acceptors (Lipinski definition) is 6. The van der Waals surface area contributed by atoms with Gasteiger partial charge < -0.3 is 18.9 Å². The Morgan fingerprint density at radius 3 is 2.13 bits per heavy atom. The van der Waals surface area contributed by atoms with Crippen LogP contribution in [0.2, 0.25) is 0 Å². The Kier molecular flexibility index (Phi) is 11.8. The minimum Gasteiger partial charge on any atom is -0.339 e. The molecule has 0 N–H and O–H groups in total. The van der Waals surface area contributed by atoms with Crippen molar-refractivity contribution in [2.75, 3.05) is 33.2 Å². The van der Waals surface area contributed by atoms with Gasteiger partial charge in [-0.15, -0.1) is 0 Å². The SMILES string of the molecule is CCN(CC)CCN(C)C(=O)c1cnc(Cn2c(SCc3ccc(F)cc3)nc(=O)c3c2CCC3)n1Cc1ccc(-c2ccc(C(F)(F)F)cc2)cc1. The zero-order valence-electron chi connectivity index (χ0n) is 30.0. The summed E-state index contributed by atoms with van der Waals surface area (Å²) in [7, 11) is 1.78. The van der Waals surface area contributed by atoms with Gasteiger partial charge in [0, 0.05) is 43.7 Å². The second-order valence-corrected chi connectivity index (χ2v) is 14.1. The van der Waals surface area contributed by atoms with Crippen LogP contribution in [0.3, 0.4) is 0 Å². The van der Waals surface area contributed by atoms with Crippen molar-refractivity contribution < 1.29 is 22.4 Å². The molecular formula is C40H42F4N6O2S. The fourth-order valence-corrected chi connectivity index (χ4v) is 7.55. The highest BCUT2D eigenvalue weighted by molar-refractivity contribution is 7.98. The summed E-state index contributed by atoms with van der Waals surface area (Å²) in [5.74, 6) is 0.593. The Morgan fingerprint density at radius 1 is 0.849 bits per heavy atom. The lowest BCUT2D eigenvalue weighted by atomic mass is 10.0. The predicted octanol–water partition coefficient (Wildman–Crippen LogP) is 7.56. The molecule has 6 rings (SSSR count). The molecule has 278 valence electrons. The normalized spacial score (nSPS) is 12.8. The van der Waals surface area contributed by atoms with Crippen LogP contribution in [0.1, 0.15) is 64.5 Å². The molecule has 0 atom stereocenters. The average molecular weight is 747 g/mol. The van der Waals surface area contributed by atoms with Crippen molar-refractivity contribution in [3.05, 3.63) is 135 Å². The van der Waals surface area contributed by atoms with Crippen molar-refractivity contribution in [2.45, 2.75) is 63.3 Å². The van der Waals surface area contributed by atoms with Gasteiger partial charge in [0.05, 0.1) is 18.3 Å². The topological polar surface area (TPSA) is 76.3 Å². The average Bonchev–Trinajstić information content (AvgIpc) is 3.81. The maximum absolute atomic E-state index is 14.0. The number of nitrogens with zero attached hydrogens (tertiary/aromatic N) is 6. The van der Waals surface area contributed by atoms with Gasteiger partial charge in [0.15, 0.2) is 5.16 Å². The molecule has 8 nitrogen and oxygen atoms in total. The number of rotatable bonds is 14. The highest BCUT2D eigenvalue weighted by Crippen LogP contribution is 2.32. The van der Waals surface area contributed by atoms with Gasteiger partial charge in [-0.2, -0.15) is 18.2 Å².